The van der Waals surface area contributed by atoms with Crippen molar-refractivity contribution in [1.82, 2.24) is 10.2 Å². The predicted molar refractivity (Wildman–Crippen MR) is 76.3 cm³/mol. The minimum Gasteiger partial charge on any atom is -0.342 e. The van der Waals surface area contributed by atoms with Crippen molar-refractivity contribution in [3.8, 4) is 0 Å². The van der Waals surface area contributed by atoms with Crippen LogP contribution in [0.25, 0.3) is 0 Å². The van der Waals surface area contributed by atoms with Gasteiger partial charge in [0, 0.05) is 24.5 Å². The molecular weight excluding hydrogens is 268 g/mol. The summed E-state index contributed by atoms with van der Waals surface area (Å²) in [4.78, 5) is 15.1. The quantitative estimate of drug-likeness (QED) is 0.844. The lowest BCUT2D eigenvalue weighted by atomic mass is 10.1. The standard InChI is InChI=1S/C13H19ClN2OS/c14-12-5-4-11(18-12)6-7-15-10-13(17)16-8-2-1-3-9-16/h4-5,15H,1-3,6-10H2. The van der Waals surface area contributed by atoms with E-state index < -0.39 is 0 Å². The van der Waals surface area contributed by atoms with Gasteiger partial charge in [-0.1, -0.05) is 11.6 Å². The number of amides is 1. The van der Waals surface area contributed by atoms with Crippen molar-refractivity contribution in [2.45, 2.75) is 25.7 Å². The van der Waals surface area contributed by atoms with Gasteiger partial charge in [-0.05, 0) is 37.8 Å². The molecule has 2 rings (SSSR count). The van der Waals surface area contributed by atoms with Crippen LogP contribution in [0.1, 0.15) is 24.1 Å². The molecule has 1 amide bonds. The lowest BCUT2D eigenvalue weighted by Gasteiger charge is -2.26. The van der Waals surface area contributed by atoms with Crippen LogP contribution in [0.2, 0.25) is 4.34 Å². The molecular formula is C13H19ClN2OS. The first kappa shape index (κ1) is 13.8. The van der Waals surface area contributed by atoms with Crippen molar-refractivity contribution in [2.24, 2.45) is 0 Å². The zero-order chi connectivity index (χ0) is 12.8. The maximum Gasteiger partial charge on any atom is 0.236 e. The molecule has 0 saturated carbocycles. The maximum atomic E-state index is 11.9. The number of hydrogen-bond donors (Lipinski definition) is 1. The minimum atomic E-state index is 0.235. The van der Waals surface area contributed by atoms with E-state index in [0.29, 0.717) is 6.54 Å². The van der Waals surface area contributed by atoms with E-state index in [1.807, 2.05) is 17.0 Å². The van der Waals surface area contributed by atoms with Gasteiger partial charge in [0.25, 0.3) is 0 Å². The fourth-order valence-corrected chi connectivity index (χ4v) is 3.24. The second-order valence-corrected chi connectivity index (χ2v) is 6.37. The van der Waals surface area contributed by atoms with Crippen LogP contribution in [0.15, 0.2) is 12.1 Å². The third-order valence-electron chi connectivity index (χ3n) is 3.16. The molecule has 100 valence electrons. The van der Waals surface area contributed by atoms with Gasteiger partial charge in [0.2, 0.25) is 5.91 Å². The highest BCUT2D eigenvalue weighted by molar-refractivity contribution is 7.16. The normalized spacial score (nSPS) is 15.9. The Labute approximate surface area is 117 Å². The molecule has 1 aromatic rings. The van der Waals surface area contributed by atoms with E-state index in [-0.39, 0.29) is 5.91 Å². The van der Waals surface area contributed by atoms with Crippen molar-refractivity contribution in [3.63, 3.8) is 0 Å². The summed E-state index contributed by atoms with van der Waals surface area (Å²) < 4.78 is 0.828. The summed E-state index contributed by atoms with van der Waals surface area (Å²) in [6, 6.07) is 3.96. The number of thiophene rings is 1. The summed E-state index contributed by atoms with van der Waals surface area (Å²) in [6.45, 7) is 3.15. The topological polar surface area (TPSA) is 32.3 Å². The number of carbonyl (C=O) groups excluding carboxylic acids is 1. The van der Waals surface area contributed by atoms with Crippen molar-refractivity contribution in [3.05, 3.63) is 21.3 Å². The number of piperidine rings is 1. The summed E-state index contributed by atoms with van der Waals surface area (Å²) in [5, 5.41) is 3.21. The molecule has 5 heteroatoms. The van der Waals surface area contributed by atoms with E-state index in [0.717, 1.165) is 43.2 Å². The van der Waals surface area contributed by atoms with Crippen molar-refractivity contribution < 1.29 is 4.79 Å². The Kier molecular flexibility index (Phi) is 5.47. The fraction of sp³-hybridized carbons (Fsp3) is 0.615. The summed E-state index contributed by atoms with van der Waals surface area (Å²) in [5.74, 6) is 0.235. The molecule has 0 atom stereocenters. The lowest BCUT2D eigenvalue weighted by molar-refractivity contribution is -0.131. The molecule has 0 radical (unpaired) electrons. The van der Waals surface area contributed by atoms with Gasteiger partial charge in [0.1, 0.15) is 0 Å². The van der Waals surface area contributed by atoms with Crippen LogP contribution in [0.5, 0.6) is 0 Å². The maximum absolute atomic E-state index is 11.9. The number of hydrogen-bond acceptors (Lipinski definition) is 3. The Morgan fingerprint density at radius 2 is 2.11 bits per heavy atom. The highest BCUT2D eigenvalue weighted by Crippen LogP contribution is 2.21. The molecule has 1 fully saturated rings. The molecule has 0 unspecified atom stereocenters. The molecule has 2 heterocycles. The first-order chi connectivity index (χ1) is 8.75. The first-order valence-corrected chi connectivity index (χ1v) is 7.68. The second kappa shape index (κ2) is 7.12. The highest BCUT2D eigenvalue weighted by Gasteiger charge is 2.15. The number of nitrogens with zero attached hydrogens (tertiary/aromatic N) is 1. The highest BCUT2D eigenvalue weighted by atomic mass is 35.5. The van der Waals surface area contributed by atoms with E-state index in [2.05, 4.69) is 5.32 Å². The van der Waals surface area contributed by atoms with Crippen LogP contribution in [-0.2, 0) is 11.2 Å². The average Bonchev–Trinajstić information content (AvgIpc) is 2.81. The number of rotatable bonds is 5. The number of carbonyl (C=O) groups is 1. The largest absolute Gasteiger partial charge is 0.342 e. The van der Waals surface area contributed by atoms with Gasteiger partial charge in [0.15, 0.2) is 0 Å². The third-order valence-corrected chi connectivity index (χ3v) is 4.45. The molecule has 0 aromatic carbocycles. The summed E-state index contributed by atoms with van der Waals surface area (Å²) in [5.41, 5.74) is 0. The van der Waals surface area contributed by atoms with Crippen LogP contribution < -0.4 is 5.32 Å². The molecule has 1 aliphatic rings. The lowest BCUT2D eigenvalue weighted by Crippen LogP contribution is -2.41. The number of halogens is 1. The van der Waals surface area contributed by atoms with Crippen molar-refractivity contribution in [1.29, 1.82) is 0 Å². The molecule has 1 aromatic heterocycles. The van der Waals surface area contributed by atoms with Gasteiger partial charge in [0.05, 0.1) is 10.9 Å². The Bertz CT molecular complexity index is 388. The van der Waals surface area contributed by atoms with Gasteiger partial charge in [-0.3, -0.25) is 4.79 Å². The Balaban J connectivity index is 1.61. The minimum absolute atomic E-state index is 0.235. The molecule has 0 bridgehead atoms. The fourth-order valence-electron chi connectivity index (χ4n) is 2.15. The first-order valence-electron chi connectivity index (χ1n) is 6.48. The van der Waals surface area contributed by atoms with E-state index in [1.165, 1.54) is 11.3 Å². The summed E-state index contributed by atoms with van der Waals surface area (Å²) in [6.07, 6.45) is 4.50. The molecule has 1 aliphatic heterocycles. The average molecular weight is 287 g/mol. The molecule has 1 saturated heterocycles. The Hall–Kier alpha value is -0.580. The van der Waals surface area contributed by atoms with Crippen LogP contribution in [-0.4, -0.2) is 37.0 Å². The molecule has 1 N–H and O–H groups in total. The second-order valence-electron chi connectivity index (χ2n) is 4.57. The van der Waals surface area contributed by atoms with Crippen molar-refractivity contribution in [2.75, 3.05) is 26.2 Å². The van der Waals surface area contributed by atoms with Gasteiger partial charge >= 0.3 is 0 Å². The monoisotopic (exact) mass is 286 g/mol. The number of likely N-dealkylation sites (tertiary alicyclic amines) is 1. The zero-order valence-corrected chi connectivity index (χ0v) is 12.0. The van der Waals surface area contributed by atoms with Crippen molar-refractivity contribution >= 4 is 28.8 Å². The van der Waals surface area contributed by atoms with E-state index in [1.54, 1.807) is 11.3 Å². The SMILES string of the molecule is O=C(CNCCc1ccc(Cl)s1)N1CCCCC1. The van der Waals surface area contributed by atoms with Gasteiger partial charge in [-0.15, -0.1) is 11.3 Å². The van der Waals surface area contributed by atoms with Gasteiger partial charge in [-0.25, -0.2) is 0 Å². The molecule has 3 nitrogen and oxygen atoms in total. The third kappa shape index (κ3) is 4.26. The van der Waals surface area contributed by atoms with E-state index >= 15 is 0 Å². The van der Waals surface area contributed by atoms with Crippen LogP contribution in [0.3, 0.4) is 0 Å². The Morgan fingerprint density at radius 1 is 1.33 bits per heavy atom. The molecule has 18 heavy (non-hydrogen) atoms. The predicted octanol–water partition coefficient (Wildman–Crippen LogP) is 2.55. The van der Waals surface area contributed by atoms with E-state index in [9.17, 15) is 4.79 Å². The van der Waals surface area contributed by atoms with Gasteiger partial charge < -0.3 is 10.2 Å². The van der Waals surface area contributed by atoms with Crippen LogP contribution in [0.4, 0.5) is 0 Å². The van der Waals surface area contributed by atoms with E-state index in [4.69, 9.17) is 11.6 Å². The smallest absolute Gasteiger partial charge is 0.236 e. The summed E-state index contributed by atoms with van der Waals surface area (Å²) in [7, 11) is 0. The summed E-state index contributed by atoms with van der Waals surface area (Å²) >= 11 is 7.47. The molecule has 0 aliphatic carbocycles. The number of nitrogens with one attached hydrogen (secondary N) is 1. The Morgan fingerprint density at radius 3 is 2.78 bits per heavy atom. The van der Waals surface area contributed by atoms with Crippen LogP contribution in [0, 0.1) is 0 Å². The molecule has 0 spiro atoms. The zero-order valence-electron chi connectivity index (χ0n) is 10.5. The van der Waals surface area contributed by atoms with Gasteiger partial charge in [-0.2, -0.15) is 0 Å². The van der Waals surface area contributed by atoms with Crippen LogP contribution >= 0.6 is 22.9 Å².